The van der Waals surface area contributed by atoms with Gasteiger partial charge in [0, 0.05) is 25.2 Å². The molecule has 2 aliphatic rings. The van der Waals surface area contributed by atoms with E-state index in [0.29, 0.717) is 0 Å². The Morgan fingerprint density at radius 2 is 1.95 bits per heavy atom. The highest BCUT2D eigenvalue weighted by molar-refractivity contribution is 5.75. The van der Waals surface area contributed by atoms with Crippen molar-refractivity contribution in [2.24, 2.45) is 0 Å². The molecule has 22 heavy (non-hydrogen) atoms. The molecule has 0 saturated heterocycles. The Morgan fingerprint density at radius 1 is 1.27 bits per heavy atom. The van der Waals surface area contributed by atoms with Gasteiger partial charge in [-0.15, -0.1) is 0 Å². The maximum Gasteiger partial charge on any atom is 0.315 e. The molecule has 0 aromatic heterocycles. The predicted octanol–water partition coefficient (Wildman–Crippen LogP) is 2.10. The van der Waals surface area contributed by atoms with Crippen LogP contribution in [0.1, 0.15) is 24.5 Å². The molecule has 3 rings (SSSR count). The molecule has 0 saturated carbocycles. The third-order valence-electron chi connectivity index (χ3n) is 4.74. The highest BCUT2D eigenvalue weighted by Gasteiger charge is 2.23. The number of urea groups is 1. The molecule has 1 heterocycles. The number of fused-ring (bicyclic) bond motifs is 1. The number of nitrogens with one attached hydrogen (secondary N) is 2. The number of benzene rings is 1. The zero-order valence-electron chi connectivity index (χ0n) is 13.4. The van der Waals surface area contributed by atoms with Gasteiger partial charge in [0.15, 0.2) is 0 Å². The summed E-state index contributed by atoms with van der Waals surface area (Å²) in [7, 11) is 2.12. The van der Waals surface area contributed by atoms with E-state index >= 15 is 0 Å². The molecule has 0 unspecified atom stereocenters. The molecule has 0 bridgehead atoms. The van der Waals surface area contributed by atoms with Crippen LogP contribution in [-0.4, -0.2) is 43.2 Å². The third-order valence-corrected chi connectivity index (χ3v) is 4.74. The van der Waals surface area contributed by atoms with Gasteiger partial charge in [0.1, 0.15) is 0 Å². The Morgan fingerprint density at radius 3 is 2.55 bits per heavy atom. The second-order valence-corrected chi connectivity index (χ2v) is 6.50. The summed E-state index contributed by atoms with van der Waals surface area (Å²) in [6, 6.07) is 8.71. The summed E-state index contributed by atoms with van der Waals surface area (Å²) in [6.07, 6.45) is 5.14. The van der Waals surface area contributed by atoms with Gasteiger partial charge in [-0.1, -0.05) is 30.3 Å². The predicted molar refractivity (Wildman–Crippen MR) is 89.0 cm³/mol. The van der Waals surface area contributed by atoms with Gasteiger partial charge < -0.3 is 15.5 Å². The summed E-state index contributed by atoms with van der Waals surface area (Å²) in [5.74, 6) is 0. The molecular weight excluding hydrogens is 274 g/mol. The van der Waals surface area contributed by atoms with Gasteiger partial charge in [0.25, 0.3) is 0 Å². The van der Waals surface area contributed by atoms with E-state index in [1.54, 1.807) is 0 Å². The lowest BCUT2D eigenvalue weighted by Gasteiger charge is -2.26. The molecular formula is C18H25N3O. The Hall–Kier alpha value is -1.81. The van der Waals surface area contributed by atoms with Gasteiger partial charge in [-0.05, 0) is 49.9 Å². The van der Waals surface area contributed by atoms with Crippen LogP contribution in [0.2, 0.25) is 0 Å². The minimum absolute atomic E-state index is 0.0508. The largest absolute Gasteiger partial charge is 0.335 e. The first kappa shape index (κ1) is 15.1. The van der Waals surface area contributed by atoms with Crippen molar-refractivity contribution in [3.63, 3.8) is 0 Å². The Balaban J connectivity index is 1.49. The van der Waals surface area contributed by atoms with Crippen molar-refractivity contribution >= 4 is 6.03 Å². The van der Waals surface area contributed by atoms with Crippen LogP contribution in [0, 0.1) is 0 Å². The van der Waals surface area contributed by atoms with E-state index in [4.69, 9.17) is 0 Å². The fraction of sp³-hybridized carbons (Fsp3) is 0.500. The highest BCUT2D eigenvalue weighted by Crippen LogP contribution is 2.21. The average Bonchev–Trinajstić information content (AvgIpc) is 2.89. The van der Waals surface area contributed by atoms with Crippen LogP contribution in [-0.2, 0) is 12.8 Å². The number of carbonyl (C=O) groups is 1. The molecule has 4 heteroatoms. The Labute approximate surface area is 132 Å². The molecule has 1 aliphatic heterocycles. The van der Waals surface area contributed by atoms with Crippen molar-refractivity contribution in [2.45, 2.75) is 38.3 Å². The molecule has 0 fully saturated rings. The molecule has 1 atom stereocenters. The lowest BCUT2D eigenvalue weighted by atomic mass is 10.0. The van der Waals surface area contributed by atoms with E-state index in [1.807, 2.05) is 0 Å². The molecule has 1 aliphatic carbocycles. The lowest BCUT2D eigenvalue weighted by molar-refractivity contribution is 0.235. The molecule has 0 spiro atoms. The second-order valence-electron chi connectivity index (χ2n) is 6.50. The van der Waals surface area contributed by atoms with Crippen molar-refractivity contribution in [3.8, 4) is 0 Å². The molecule has 118 valence electrons. The summed E-state index contributed by atoms with van der Waals surface area (Å²) >= 11 is 0. The van der Waals surface area contributed by atoms with Gasteiger partial charge >= 0.3 is 6.03 Å². The van der Waals surface area contributed by atoms with Crippen LogP contribution in [0.5, 0.6) is 0 Å². The smallest absolute Gasteiger partial charge is 0.315 e. The van der Waals surface area contributed by atoms with Crippen LogP contribution in [0.15, 0.2) is 35.9 Å². The number of hydrogen-bond donors (Lipinski definition) is 2. The van der Waals surface area contributed by atoms with Gasteiger partial charge in [0.2, 0.25) is 0 Å². The van der Waals surface area contributed by atoms with Crippen LogP contribution < -0.4 is 10.6 Å². The first-order chi connectivity index (χ1) is 10.6. The van der Waals surface area contributed by atoms with Crippen LogP contribution in [0.4, 0.5) is 4.79 Å². The third kappa shape index (κ3) is 3.50. The van der Waals surface area contributed by atoms with Gasteiger partial charge in [-0.3, -0.25) is 0 Å². The van der Waals surface area contributed by atoms with Crippen molar-refractivity contribution in [3.05, 3.63) is 47.0 Å². The summed E-state index contributed by atoms with van der Waals surface area (Å²) in [5.41, 5.74) is 4.06. The van der Waals surface area contributed by atoms with E-state index in [2.05, 4.69) is 59.8 Å². The number of carbonyl (C=O) groups excluding carboxylic acids is 1. The van der Waals surface area contributed by atoms with Crippen molar-refractivity contribution in [1.29, 1.82) is 0 Å². The van der Waals surface area contributed by atoms with E-state index in [1.165, 1.54) is 16.7 Å². The molecule has 1 aromatic carbocycles. The molecule has 1 aromatic rings. The minimum Gasteiger partial charge on any atom is -0.335 e. The second kappa shape index (κ2) is 6.53. The number of amides is 2. The summed E-state index contributed by atoms with van der Waals surface area (Å²) in [6.45, 7) is 4.11. The number of rotatable bonds is 3. The number of hydrogen-bond acceptors (Lipinski definition) is 2. The zero-order valence-corrected chi connectivity index (χ0v) is 13.4. The van der Waals surface area contributed by atoms with E-state index in [-0.39, 0.29) is 18.1 Å². The highest BCUT2D eigenvalue weighted by atomic mass is 16.2. The van der Waals surface area contributed by atoms with E-state index < -0.39 is 0 Å². The van der Waals surface area contributed by atoms with Crippen LogP contribution in [0.25, 0.3) is 0 Å². The van der Waals surface area contributed by atoms with Crippen LogP contribution >= 0.6 is 0 Å². The van der Waals surface area contributed by atoms with Gasteiger partial charge in [-0.25, -0.2) is 4.79 Å². The van der Waals surface area contributed by atoms with Gasteiger partial charge in [0.05, 0.1) is 0 Å². The molecule has 2 N–H and O–H groups in total. The molecule has 0 radical (unpaired) electrons. The maximum absolute atomic E-state index is 12.2. The lowest BCUT2D eigenvalue weighted by Crippen LogP contribution is -2.47. The first-order valence-corrected chi connectivity index (χ1v) is 8.13. The Bertz CT molecular complexity index is 556. The summed E-state index contributed by atoms with van der Waals surface area (Å²) < 4.78 is 0. The number of nitrogens with zero attached hydrogens (tertiary/aromatic N) is 1. The quantitative estimate of drug-likeness (QED) is 0.840. The average molecular weight is 299 g/mol. The van der Waals surface area contributed by atoms with Crippen LogP contribution in [0.3, 0.4) is 0 Å². The summed E-state index contributed by atoms with van der Waals surface area (Å²) in [4.78, 5) is 14.5. The minimum atomic E-state index is -0.0508. The Kier molecular flexibility index (Phi) is 4.48. The fourth-order valence-electron chi connectivity index (χ4n) is 3.36. The molecule has 2 amide bonds. The first-order valence-electron chi connectivity index (χ1n) is 8.13. The monoisotopic (exact) mass is 299 g/mol. The van der Waals surface area contributed by atoms with Gasteiger partial charge in [-0.2, -0.15) is 0 Å². The SMILES string of the molecule is C[C@@H](NC(=O)NC1Cc2ccccc2C1)C1=CCN(C)CC1. The normalized spacial score (nSPS) is 20.2. The fourth-order valence-corrected chi connectivity index (χ4v) is 3.36. The van der Waals surface area contributed by atoms with Crippen molar-refractivity contribution in [2.75, 3.05) is 20.1 Å². The van der Waals surface area contributed by atoms with E-state index in [0.717, 1.165) is 32.4 Å². The van der Waals surface area contributed by atoms with Crippen molar-refractivity contribution < 1.29 is 4.79 Å². The maximum atomic E-state index is 12.2. The standard InChI is InChI=1S/C18H25N3O/c1-13(14-7-9-21(2)10-8-14)19-18(22)20-17-11-15-5-3-4-6-16(15)12-17/h3-7,13,17H,8-12H2,1-2H3,(H2,19,20,22)/t13-/m1/s1. The number of likely N-dealkylation sites (N-methyl/N-ethyl adjacent to an activating group) is 1. The topological polar surface area (TPSA) is 44.4 Å². The van der Waals surface area contributed by atoms with Crippen molar-refractivity contribution in [1.82, 2.24) is 15.5 Å². The molecule has 4 nitrogen and oxygen atoms in total. The van der Waals surface area contributed by atoms with E-state index in [9.17, 15) is 4.79 Å². The zero-order chi connectivity index (χ0) is 15.5. The summed E-state index contributed by atoms with van der Waals surface area (Å²) in [5, 5.41) is 6.20.